The van der Waals surface area contributed by atoms with Gasteiger partial charge in [-0.05, 0) is 32.4 Å². The normalized spacial score (nSPS) is 11.9. The number of hydrogen-bond acceptors (Lipinski definition) is 4. The zero-order valence-corrected chi connectivity index (χ0v) is 12.8. The number of rotatable bonds is 5. The largest absolute Gasteiger partial charge is 0.271 e. The molecule has 1 N–H and O–H groups in total. The topological polar surface area (TPSA) is 64.0 Å². The van der Waals surface area contributed by atoms with E-state index in [0.717, 1.165) is 15.3 Å². The van der Waals surface area contributed by atoms with Gasteiger partial charge in [-0.2, -0.15) is 5.10 Å². The predicted octanol–water partition coefficient (Wildman–Crippen LogP) is 1.85. The molecule has 0 bridgehead atoms. The molecule has 0 radical (unpaired) electrons. The van der Waals surface area contributed by atoms with Crippen molar-refractivity contribution in [2.45, 2.75) is 32.2 Å². The van der Waals surface area contributed by atoms with Crippen LogP contribution in [0.15, 0.2) is 23.4 Å². The number of nitrogens with one attached hydrogen (secondary N) is 1. The lowest BCUT2D eigenvalue weighted by atomic mass is 10.4. The Morgan fingerprint density at radius 3 is 2.63 bits per heavy atom. The highest BCUT2D eigenvalue weighted by Crippen LogP contribution is 2.24. The predicted molar refractivity (Wildman–Crippen MR) is 75.9 cm³/mol. The van der Waals surface area contributed by atoms with Gasteiger partial charge < -0.3 is 0 Å². The van der Waals surface area contributed by atoms with Crippen molar-refractivity contribution < 1.29 is 8.42 Å². The standard InChI is InChI=1S/C12H17N3O2S2/c1-9-7-13-15(8-9)5-4-14-19(16,17)12-6-10(2)18-11(12)3/h6-8,14H,4-5H2,1-3H3. The lowest BCUT2D eigenvalue weighted by Crippen LogP contribution is -2.27. The van der Waals surface area contributed by atoms with Crippen LogP contribution >= 0.6 is 11.3 Å². The van der Waals surface area contributed by atoms with Crippen LogP contribution < -0.4 is 4.72 Å². The molecular formula is C12H17N3O2S2. The lowest BCUT2D eigenvalue weighted by Gasteiger charge is -2.06. The molecule has 2 rings (SSSR count). The van der Waals surface area contributed by atoms with Crippen LogP contribution in [-0.2, 0) is 16.6 Å². The molecule has 19 heavy (non-hydrogen) atoms. The van der Waals surface area contributed by atoms with Crippen molar-refractivity contribution in [3.63, 3.8) is 0 Å². The molecule has 104 valence electrons. The Balaban J connectivity index is 2.00. The molecule has 0 spiro atoms. The zero-order valence-electron chi connectivity index (χ0n) is 11.2. The van der Waals surface area contributed by atoms with Crippen LogP contribution in [0.4, 0.5) is 0 Å². The van der Waals surface area contributed by atoms with Gasteiger partial charge in [0.15, 0.2) is 0 Å². The summed E-state index contributed by atoms with van der Waals surface area (Å²) in [5, 5.41) is 4.11. The third-order valence-electron chi connectivity index (χ3n) is 2.68. The monoisotopic (exact) mass is 299 g/mol. The van der Waals surface area contributed by atoms with Gasteiger partial charge in [0.25, 0.3) is 0 Å². The van der Waals surface area contributed by atoms with E-state index in [0.29, 0.717) is 18.0 Å². The number of hydrogen-bond donors (Lipinski definition) is 1. The van der Waals surface area contributed by atoms with E-state index in [4.69, 9.17) is 0 Å². The van der Waals surface area contributed by atoms with Gasteiger partial charge in [0.05, 0.1) is 17.6 Å². The maximum absolute atomic E-state index is 12.1. The number of aryl methyl sites for hydroxylation is 3. The van der Waals surface area contributed by atoms with Crippen molar-refractivity contribution in [3.05, 3.63) is 33.8 Å². The fourth-order valence-corrected chi connectivity index (χ4v) is 4.41. The molecule has 0 aliphatic carbocycles. The summed E-state index contributed by atoms with van der Waals surface area (Å²) in [6.07, 6.45) is 3.63. The lowest BCUT2D eigenvalue weighted by molar-refractivity contribution is 0.560. The van der Waals surface area contributed by atoms with Crippen LogP contribution in [0.25, 0.3) is 0 Å². The summed E-state index contributed by atoms with van der Waals surface area (Å²) in [6.45, 7) is 6.53. The first-order valence-electron chi connectivity index (χ1n) is 5.94. The summed E-state index contributed by atoms with van der Waals surface area (Å²) in [6, 6.07) is 1.71. The summed E-state index contributed by atoms with van der Waals surface area (Å²) in [5.41, 5.74) is 1.06. The highest BCUT2D eigenvalue weighted by Gasteiger charge is 2.18. The maximum Gasteiger partial charge on any atom is 0.241 e. The van der Waals surface area contributed by atoms with Crippen molar-refractivity contribution in [3.8, 4) is 0 Å². The molecule has 0 atom stereocenters. The molecule has 0 saturated heterocycles. The van der Waals surface area contributed by atoms with Crippen LogP contribution in [0.3, 0.4) is 0 Å². The summed E-state index contributed by atoms with van der Waals surface area (Å²) in [4.78, 5) is 2.20. The Labute approximate surface area is 117 Å². The van der Waals surface area contributed by atoms with Gasteiger partial charge >= 0.3 is 0 Å². The first kappa shape index (κ1) is 14.2. The van der Waals surface area contributed by atoms with E-state index in [-0.39, 0.29) is 0 Å². The minimum absolute atomic E-state index is 0.331. The summed E-state index contributed by atoms with van der Waals surface area (Å²) in [5.74, 6) is 0. The minimum Gasteiger partial charge on any atom is -0.271 e. The second-order valence-electron chi connectivity index (χ2n) is 4.46. The molecule has 0 unspecified atom stereocenters. The molecule has 0 fully saturated rings. The van der Waals surface area contributed by atoms with Crippen molar-refractivity contribution in [1.82, 2.24) is 14.5 Å². The maximum atomic E-state index is 12.1. The average Bonchev–Trinajstić information content (AvgIpc) is 2.85. The Bertz CT molecular complexity index is 671. The van der Waals surface area contributed by atoms with Gasteiger partial charge in [-0.3, -0.25) is 4.68 Å². The molecule has 7 heteroatoms. The highest BCUT2D eigenvalue weighted by atomic mass is 32.2. The van der Waals surface area contributed by atoms with E-state index >= 15 is 0 Å². The molecule has 0 amide bonds. The van der Waals surface area contributed by atoms with E-state index in [2.05, 4.69) is 9.82 Å². The molecule has 2 heterocycles. The average molecular weight is 299 g/mol. The second-order valence-corrected chi connectivity index (χ2v) is 7.65. The van der Waals surface area contributed by atoms with Crippen molar-refractivity contribution in [2.24, 2.45) is 0 Å². The molecule has 0 aromatic carbocycles. The van der Waals surface area contributed by atoms with Gasteiger partial charge in [0.2, 0.25) is 10.0 Å². The van der Waals surface area contributed by atoms with Crippen molar-refractivity contribution in [2.75, 3.05) is 6.54 Å². The van der Waals surface area contributed by atoms with Gasteiger partial charge in [0, 0.05) is 22.5 Å². The van der Waals surface area contributed by atoms with Crippen molar-refractivity contribution >= 4 is 21.4 Å². The van der Waals surface area contributed by atoms with Gasteiger partial charge in [0.1, 0.15) is 0 Å². The Morgan fingerprint density at radius 1 is 1.37 bits per heavy atom. The first-order chi connectivity index (χ1) is 8.88. The molecule has 0 aliphatic heterocycles. The molecular weight excluding hydrogens is 282 g/mol. The van der Waals surface area contributed by atoms with Crippen LogP contribution in [-0.4, -0.2) is 24.7 Å². The molecule has 0 aliphatic rings. The van der Waals surface area contributed by atoms with Crippen molar-refractivity contribution in [1.29, 1.82) is 0 Å². The number of sulfonamides is 1. The molecule has 0 saturated carbocycles. The zero-order chi connectivity index (χ0) is 14.0. The Morgan fingerprint density at radius 2 is 2.11 bits per heavy atom. The minimum atomic E-state index is -3.41. The number of aromatic nitrogens is 2. The first-order valence-corrected chi connectivity index (χ1v) is 8.24. The van der Waals surface area contributed by atoms with E-state index in [1.807, 2.05) is 27.0 Å². The van der Waals surface area contributed by atoms with Gasteiger partial charge in [-0.25, -0.2) is 13.1 Å². The Kier molecular flexibility index (Phi) is 4.07. The van der Waals surface area contributed by atoms with E-state index in [1.165, 1.54) is 11.3 Å². The molecule has 2 aromatic heterocycles. The fraction of sp³-hybridized carbons (Fsp3) is 0.417. The highest BCUT2D eigenvalue weighted by molar-refractivity contribution is 7.89. The van der Waals surface area contributed by atoms with E-state index in [1.54, 1.807) is 16.9 Å². The second kappa shape index (κ2) is 5.44. The SMILES string of the molecule is Cc1cnn(CCNS(=O)(=O)c2cc(C)sc2C)c1. The van der Waals surface area contributed by atoms with Crippen LogP contribution in [0.2, 0.25) is 0 Å². The summed E-state index contributed by atoms with van der Waals surface area (Å²) in [7, 11) is -3.41. The third-order valence-corrected chi connectivity index (χ3v) is 5.36. The van der Waals surface area contributed by atoms with Crippen LogP contribution in [0, 0.1) is 20.8 Å². The smallest absolute Gasteiger partial charge is 0.241 e. The number of thiophene rings is 1. The summed E-state index contributed by atoms with van der Waals surface area (Å²) < 4.78 is 28.6. The molecule has 5 nitrogen and oxygen atoms in total. The quantitative estimate of drug-likeness (QED) is 0.916. The van der Waals surface area contributed by atoms with E-state index < -0.39 is 10.0 Å². The Hall–Kier alpha value is -1.18. The van der Waals surface area contributed by atoms with Crippen LogP contribution in [0.5, 0.6) is 0 Å². The van der Waals surface area contributed by atoms with E-state index in [9.17, 15) is 8.42 Å². The number of nitrogens with zero attached hydrogens (tertiary/aromatic N) is 2. The van der Waals surface area contributed by atoms with Gasteiger partial charge in [-0.15, -0.1) is 11.3 Å². The molecule has 2 aromatic rings. The fourth-order valence-electron chi connectivity index (χ4n) is 1.84. The van der Waals surface area contributed by atoms with Crippen LogP contribution in [0.1, 0.15) is 15.3 Å². The van der Waals surface area contributed by atoms with Gasteiger partial charge in [-0.1, -0.05) is 0 Å². The summed E-state index contributed by atoms with van der Waals surface area (Å²) >= 11 is 1.49. The third kappa shape index (κ3) is 3.43.